The number of non-ortho nitro benzene ring substituents is 1. The van der Waals surface area contributed by atoms with E-state index in [9.17, 15) is 18.5 Å². The molecule has 2 aromatic carbocycles. The lowest BCUT2D eigenvalue weighted by atomic mass is 10.1. The summed E-state index contributed by atoms with van der Waals surface area (Å²) < 4.78 is 24.2. The highest BCUT2D eigenvalue weighted by molar-refractivity contribution is 7.90. The molecule has 3 aromatic rings. The zero-order valence-electron chi connectivity index (χ0n) is 12.3. The second kappa shape index (κ2) is 5.81. The summed E-state index contributed by atoms with van der Waals surface area (Å²) in [5.74, 6) is 0. The Morgan fingerprint density at radius 2 is 1.71 bits per heavy atom. The molecular formula is C15H10ClN3O4S. The molecule has 122 valence electrons. The molecule has 1 heterocycles. The zero-order valence-corrected chi connectivity index (χ0v) is 13.9. The number of rotatable bonds is 3. The van der Waals surface area contributed by atoms with Gasteiger partial charge in [0.1, 0.15) is 5.69 Å². The Kier molecular flexibility index (Phi) is 3.94. The quantitative estimate of drug-likeness (QED) is 0.522. The second-order valence-electron chi connectivity index (χ2n) is 5.09. The highest BCUT2D eigenvalue weighted by Gasteiger charge is 2.20. The van der Waals surface area contributed by atoms with Crippen molar-refractivity contribution in [1.29, 1.82) is 0 Å². The summed E-state index contributed by atoms with van der Waals surface area (Å²) in [5.41, 5.74) is 1.27. The van der Waals surface area contributed by atoms with Crippen LogP contribution in [0.3, 0.4) is 0 Å². The van der Waals surface area contributed by atoms with E-state index in [4.69, 9.17) is 11.6 Å². The van der Waals surface area contributed by atoms with Crippen molar-refractivity contribution in [1.82, 2.24) is 9.97 Å². The lowest BCUT2D eigenvalue weighted by Gasteiger charge is -2.09. The SMILES string of the molecule is CS(=O)(=O)c1nc2ccc(Cl)cc2nc1-c1ccc([N+](=O)[O-])cc1. The van der Waals surface area contributed by atoms with Gasteiger partial charge in [0.15, 0.2) is 14.9 Å². The van der Waals surface area contributed by atoms with Crippen molar-refractivity contribution in [2.45, 2.75) is 5.03 Å². The first-order valence-electron chi connectivity index (χ1n) is 6.68. The molecule has 3 rings (SSSR count). The minimum absolute atomic E-state index is 0.101. The van der Waals surface area contributed by atoms with Crippen molar-refractivity contribution in [3.8, 4) is 11.3 Å². The molecule has 0 radical (unpaired) electrons. The smallest absolute Gasteiger partial charge is 0.258 e. The van der Waals surface area contributed by atoms with Gasteiger partial charge in [-0.3, -0.25) is 10.1 Å². The maximum atomic E-state index is 12.1. The number of aromatic nitrogens is 2. The van der Waals surface area contributed by atoms with E-state index < -0.39 is 14.8 Å². The van der Waals surface area contributed by atoms with E-state index in [1.54, 1.807) is 18.2 Å². The molecule has 1 aromatic heterocycles. The topological polar surface area (TPSA) is 103 Å². The number of sulfone groups is 1. The van der Waals surface area contributed by atoms with Crippen molar-refractivity contribution in [2.75, 3.05) is 6.26 Å². The fourth-order valence-corrected chi connectivity index (χ4v) is 3.14. The standard InChI is InChI=1S/C15H10ClN3O4S/c1-24(22,23)15-14(9-2-5-11(6-3-9)19(20)21)17-13-8-10(16)4-7-12(13)18-15/h2-8H,1H3. The molecule has 0 unspecified atom stereocenters. The highest BCUT2D eigenvalue weighted by atomic mass is 35.5. The first kappa shape index (κ1) is 16.3. The zero-order chi connectivity index (χ0) is 17.5. The van der Waals surface area contributed by atoms with E-state index >= 15 is 0 Å². The molecule has 0 atom stereocenters. The largest absolute Gasteiger partial charge is 0.269 e. The summed E-state index contributed by atoms with van der Waals surface area (Å²) in [6, 6.07) is 10.2. The van der Waals surface area contributed by atoms with Crippen molar-refractivity contribution in [3.05, 3.63) is 57.6 Å². The van der Waals surface area contributed by atoms with Crippen molar-refractivity contribution in [2.24, 2.45) is 0 Å². The van der Waals surface area contributed by atoms with Crippen LogP contribution in [-0.4, -0.2) is 29.6 Å². The van der Waals surface area contributed by atoms with Gasteiger partial charge in [-0.05, 0) is 30.3 Å². The van der Waals surface area contributed by atoms with Gasteiger partial charge < -0.3 is 0 Å². The minimum Gasteiger partial charge on any atom is -0.258 e. The molecule has 9 heteroatoms. The van der Waals surface area contributed by atoms with Crippen LogP contribution in [0.15, 0.2) is 47.5 Å². The lowest BCUT2D eigenvalue weighted by Crippen LogP contribution is -2.06. The molecule has 0 bridgehead atoms. The highest BCUT2D eigenvalue weighted by Crippen LogP contribution is 2.28. The Morgan fingerprint density at radius 3 is 2.29 bits per heavy atom. The molecule has 0 saturated heterocycles. The third-order valence-electron chi connectivity index (χ3n) is 3.30. The third-order valence-corrected chi connectivity index (χ3v) is 4.52. The number of hydrogen-bond acceptors (Lipinski definition) is 6. The maximum Gasteiger partial charge on any atom is 0.269 e. The molecule has 24 heavy (non-hydrogen) atoms. The average Bonchev–Trinajstić information content (AvgIpc) is 2.52. The van der Waals surface area contributed by atoms with Crippen molar-refractivity contribution in [3.63, 3.8) is 0 Å². The van der Waals surface area contributed by atoms with Crippen LogP contribution in [-0.2, 0) is 9.84 Å². The summed E-state index contributed by atoms with van der Waals surface area (Å²) in [7, 11) is -3.65. The monoisotopic (exact) mass is 363 g/mol. The number of nitro benzene ring substituents is 1. The predicted molar refractivity (Wildman–Crippen MR) is 89.7 cm³/mol. The van der Waals surface area contributed by atoms with E-state index in [0.29, 0.717) is 21.6 Å². The summed E-state index contributed by atoms with van der Waals surface area (Å²) in [6.45, 7) is 0. The van der Waals surface area contributed by atoms with E-state index in [0.717, 1.165) is 6.26 Å². The summed E-state index contributed by atoms with van der Waals surface area (Å²) in [6.07, 6.45) is 1.04. The van der Waals surface area contributed by atoms with Crippen LogP contribution >= 0.6 is 11.6 Å². The van der Waals surface area contributed by atoms with Crippen LogP contribution in [0.4, 0.5) is 5.69 Å². The summed E-state index contributed by atoms with van der Waals surface area (Å²) in [5, 5.41) is 11.0. The fraction of sp³-hybridized carbons (Fsp3) is 0.0667. The van der Waals surface area contributed by atoms with Gasteiger partial charge in [-0.25, -0.2) is 18.4 Å². The first-order chi connectivity index (χ1) is 11.3. The van der Waals surface area contributed by atoms with Crippen LogP contribution in [0, 0.1) is 10.1 Å². The van der Waals surface area contributed by atoms with Gasteiger partial charge in [-0.15, -0.1) is 0 Å². The van der Waals surface area contributed by atoms with Crippen LogP contribution in [0.5, 0.6) is 0 Å². The Labute approximate surface area is 142 Å². The molecular weight excluding hydrogens is 354 g/mol. The van der Waals surface area contributed by atoms with Crippen molar-refractivity contribution < 1.29 is 13.3 Å². The molecule has 0 amide bonds. The van der Waals surface area contributed by atoms with Gasteiger partial charge in [0.25, 0.3) is 5.69 Å². The van der Waals surface area contributed by atoms with Crippen LogP contribution < -0.4 is 0 Å². The van der Waals surface area contributed by atoms with Crippen LogP contribution in [0.2, 0.25) is 5.02 Å². The molecule has 0 spiro atoms. The molecule has 0 N–H and O–H groups in total. The van der Waals surface area contributed by atoms with E-state index in [1.165, 1.54) is 24.3 Å². The molecule has 7 nitrogen and oxygen atoms in total. The Balaban J connectivity index is 2.29. The average molecular weight is 364 g/mol. The minimum atomic E-state index is -3.65. The van der Waals surface area contributed by atoms with Gasteiger partial charge in [0.05, 0.1) is 16.0 Å². The number of hydrogen-bond donors (Lipinski definition) is 0. The first-order valence-corrected chi connectivity index (χ1v) is 8.95. The van der Waals surface area contributed by atoms with Gasteiger partial charge in [0.2, 0.25) is 0 Å². The van der Waals surface area contributed by atoms with E-state index in [2.05, 4.69) is 9.97 Å². The van der Waals surface area contributed by atoms with E-state index in [1.807, 2.05) is 0 Å². The number of fused-ring (bicyclic) bond motifs is 1. The number of benzene rings is 2. The van der Waals surface area contributed by atoms with Gasteiger partial charge >= 0.3 is 0 Å². The molecule has 0 aliphatic rings. The molecule has 0 fully saturated rings. The number of nitrogens with zero attached hydrogens (tertiary/aromatic N) is 3. The number of halogens is 1. The predicted octanol–water partition coefficient (Wildman–Crippen LogP) is 3.26. The Bertz CT molecular complexity index is 1070. The van der Waals surface area contributed by atoms with Gasteiger partial charge in [-0.1, -0.05) is 11.6 Å². The normalized spacial score (nSPS) is 11.6. The molecule has 0 aliphatic heterocycles. The van der Waals surface area contributed by atoms with Gasteiger partial charge in [-0.2, -0.15) is 0 Å². The Morgan fingerprint density at radius 1 is 1.04 bits per heavy atom. The van der Waals surface area contributed by atoms with Gasteiger partial charge in [0, 0.05) is 29.0 Å². The molecule has 0 saturated carbocycles. The van der Waals surface area contributed by atoms with Crippen molar-refractivity contribution >= 4 is 38.2 Å². The summed E-state index contributed by atoms with van der Waals surface area (Å²) >= 11 is 5.94. The Hall–Kier alpha value is -2.58. The third kappa shape index (κ3) is 3.06. The lowest BCUT2D eigenvalue weighted by molar-refractivity contribution is -0.384. The molecule has 0 aliphatic carbocycles. The number of nitro groups is 1. The van der Waals surface area contributed by atoms with E-state index in [-0.39, 0.29) is 16.4 Å². The summed E-state index contributed by atoms with van der Waals surface area (Å²) in [4.78, 5) is 18.7. The maximum absolute atomic E-state index is 12.1. The fourth-order valence-electron chi connectivity index (χ4n) is 2.20. The second-order valence-corrected chi connectivity index (χ2v) is 7.45. The van der Waals surface area contributed by atoms with Crippen LogP contribution in [0.1, 0.15) is 0 Å². The van der Waals surface area contributed by atoms with Crippen LogP contribution in [0.25, 0.3) is 22.3 Å².